The summed E-state index contributed by atoms with van der Waals surface area (Å²) in [6.45, 7) is 0.760. The highest BCUT2D eigenvalue weighted by molar-refractivity contribution is 7.99. The number of thioether (sulfide) groups is 1. The summed E-state index contributed by atoms with van der Waals surface area (Å²) in [5, 5.41) is 0. The van der Waals surface area contributed by atoms with Crippen molar-refractivity contribution in [2.24, 2.45) is 5.73 Å². The minimum absolute atomic E-state index is 0.268. The minimum Gasteiger partial charge on any atom is -0.490 e. The zero-order chi connectivity index (χ0) is 11.7. The molecule has 2 fully saturated rings. The molecular weight excluding hydrogens is 230 g/mol. The smallest absolute Gasteiger partial charge is 0.120 e. The van der Waals surface area contributed by atoms with E-state index in [-0.39, 0.29) is 5.41 Å². The van der Waals surface area contributed by atoms with E-state index in [2.05, 4.69) is 24.3 Å². The van der Waals surface area contributed by atoms with Crippen LogP contribution in [-0.2, 0) is 5.41 Å². The second kappa shape index (κ2) is 4.54. The van der Waals surface area contributed by atoms with Gasteiger partial charge in [-0.3, -0.25) is 0 Å². The van der Waals surface area contributed by atoms with Crippen LogP contribution in [0.15, 0.2) is 24.3 Å². The molecule has 1 aliphatic heterocycles. The molecule has 92 valence electrons. The van der Waals surface area contributed by atoms with Gasteiger partial charge in [-0.05, 0) is 42.7 Å². The summed E-state index contributed by atoms with van der Waals surface area (Å²) in [5.41, 5.74) is 7.50. The lowest BCUT2D eigenvalue weighted by Gasteiger charge is -2.16. The van der Waals surface area contributed by atoms with Crippen LogP contribution in [0.2, 0.25) is 0 Å². The van der Waals surface area contributed by atoms with E-state index in [1.807, 2.05) is 11.8 Å². The van der Waals surface area contributed by atoms with Gasteiger partial charge in [0.1, 0.15) is 11.9 Å². The van der Waals surface area contributed by atoms with Crippen molar-refractivity contribution in [1.82, 2.24) is 0 Å². The Labute approximate surface area is 107 Å². The van der Waals surface area contributed by atoms with Gasteiger partial charge in [0, 0.05) is 17.7 Å². The molecule has 1 unspecified atom stereocenters. The molecule has 2 nitrogen and oxygen atoms in total. The van der Waals surface area contributed by atoms with Crippen molar-refractivity contribution in [3.05, 3.63) is 29.8 Å². The molecule has 0 amide bonds. The van der Waals surface area contributed by atoms with E-state index < -0.39 is 0 Å². The largest absolute Gasteiger partial charge is 0.490 e. The highest BCUT2D eigenvalue weighted by atomic mass is 32.2. The van der Waals surface area contributed by atoms with Gasteiger partial charge in [0.25, 0.3) is 0 Å². The van der Waals surface area contributed by atoms with Crippen LogP contribution in [0, 0.1) is 0 Å². The Morgan fingerprint density at radius 1 is 1.41 bits per heavy atom. The molecule has 2 aliphatic rings. The number of rotatable bonds is 4. The van der Waals surface area contributed by atoms with Gasteiger partial charge in [-0.25, -0.2) is 0 Å². The van der Waals surface area contributed by atoms with Gasteiger partial charge < -0.3 is 10.5 Å². The standard InChI is InChI=1S/C14H19NOS/c15-10-14(5-6-14)11-2-1-3-12(8-11)16-13-4-7-17-9-13/h1-3,8,13H,4-7,9-10,15H2. The Morgan fingerprint density at radius 2 is 2.29 bits per heavy atom. The lowest BCUT2D eigenvalue weighted by molar-refractivity contribution is 0.229. The molecule has 1 atom stereocenters. The van der Waals surface area contributed by atoms with Crippen LogP contribution < -0.4 is 10.5 Å². The highest BCUT2D eigenvalue weighted by Gasteiger charge is 2.42. The third-order valence-corrected chi connectivity index (χ3v) is 5.01. The molecule has 0 bridgehead atoms. The maximum atomic E-state index is 6.02. The Balaban J connectivity index is 1.74. The highest BCUT2D eigenvalue weighted by Crippen LogP contribution is 2.47. The van der Waals surface area contributed by atoms with Crippen LogP contribution >= 0.6 is 11.8 Å². The summed E-state index contributed by atoms with van der Waals surface area (Å²) in [5.74, 6) is 3.39. The van der Waals surface area contributed by atoms with Crippen molar-refractivity contribution in [1.29, 1.82) is 0 Å². The van der Waals surface area contributed by atoms with Crippen molar-refractivity contribution in [2.75, 3.05) is 18.1 Å². The molecule has 0 spiro atoms. The molecule has 1 saturated carbocycles. The van der Waals surface area contributed by atoms with Crippen molar-refractivity contribution in [3.63, 3.8) is 0 Å². The van der Waals surface area contributed by atoms with Crippen LogP contribution in [0.4, 0.5) is 0 Å². The SMILES string of the molecule is NCC1(c2cccc(OC3CCSC3)c2)CC1. The molecule has 1 heterocycles. The summed E-state index contributed by atoms with van der Waals surface area (Å²) in [6.07, 6.45) is 4.04. The van der Waals surface area contributed by atoms with Gasteiger partial charge >= 0.3 is 0 Å². The van der Waals surface area contributed by atoms with Gasteiger partial charge in [-0.15, -0.1) is 0 Å². The molecule has 0 radical (unpaired) electrons. The molecular formula is C14H19NOS. The van der Waals surface area contributed by atoms with Crippen molar-refractivity contribution in [3.8, 4) is 5.75 Å². The molecule has 2 N–H and O–H groups in total. The third-order valence-electron chi connectivity index (χ3n) is 3.88. The summed E-state index contributed by atoms with van der Waals surface area (Å²) >= 11 is 1.98. The molecule has 1 saturated heterocycles. The first-order valence-corrected chi connectivity index (χ1v) is 7.53. The van der Waals surface area contributed by atoms with Crippen LogP contribution in [0.5, 0.6) is 5.75 Å². The van der Waals surface area contributed by atoms with Crippen LogP contribution in [-0.4, -0.2) is 24.2 Å². The summed E-state index contributed by atoms with van der Waals surface area (Å²) in [4.78, 5) is 0. The molecule has 1 aromatic rings. The van der Waals surface area contributed by atoms with Crippen LogP contribution in [0.3, 0.4) is 0 Å². The predicted molar refractivity (Wildman–Crippen MR) is 72.8 cm³/mol. The Morgan fingerprint density at radius 3 is 2.94 bits per heavy atom. The summed E-state index contributed by atoms with van der Waals surface area (Å²) < 4.78 is 6.02. The Hall–Kier alpha value is -0.670. The number of hydrogen-bond donors (Lipinski definition) is 1. The molecule has 17 heavy (non-hydrogen) atoms. The maximum absolute atomic E-state index is 6.02. The average Bonchev–Trinajstić information content (AvgIpc) is 3.02. The molecule has 1 aromatic carbocycles. The fraction of sp³-hybridized carbons (Fsp3) is 0.571. The van der Waals surface area contributed by atoms with E-state index in [1.54, 1.807) is 0 Å². The first-order valence-electron chi connectivity index (χ1n) is 6.37. The van der Waals surface area contributed by atoms with Crippen molar-refractivity contribution < 1.29 is 4.74 Å². The van der Waals surface area contributed by atoms with E-state index in [4.69, 9.17) is 10.5 Å². The summed E-state index contributed by atoms with van der Waals surface area (Å²) in [7, 11) is 0. The van der Waals surface area contributed by atoms with E-state index in [0.29, 0.717) is 6.10 Å². The van der Waals surface area contributed by atoms with Gasteiger partial charge in [0.05, 0.1) is 0 Å². The molecule has 0 aromatic heterocycles. The van der Waals surface area contributed by atoms with Gasteiger partial charge in [0.15, 0.2) is 0 Å². The van der Waals surface area contributed by atoms with Crippen molar-refractivity contribution >= 4 is 11.8 Å². The van der Waals surface area contributed by atoms with E-state index in [1.165, 1.54) is 30.6 Å². The fourth-order valence-corrected chi connectivity index (χ4v) is 3.55. The van der Waals surface area contributed by atoms with Gasteiger partial charge in [-0.1, -0.05) is 12.1 Å². The number of benzene rings is 1. The van der Waals surface area contributed by atoms with E-state index in [9.17, 15) is 0 Å². The fourth-order valence-electron chi connectivity index (χ4n) is 2.46. The quantitative estimate of drug-likeness (QED) is 0.890. The zero-order valence-electron chi connectivity index (χ0n) is 10.0. The second-order valence-corrected chi connectivity index (χ2v) is 6.27. The lowest BCUT2D eigenvalue weighted by Crippen LogP contribution is -2.20. The van der Waals surface area contributed by atoms with Crippen LogP contribution in [0.25, 0.3) is 0 Å². The van der Waals surface area contributed by atoms with Crippen molar-refractivity contribution in [2.45, 2.75) is 30.8 Å². The average molecular weight is 249 g/mol. The number of ether oxygens (including phenoxy) is 1. The Bertz CT molecular complexity index is 397. The zero-order valence-corrected chi connectivity index (χ0v) is 10.8. The number of hydrogen-bond acceptors (Lipinski definition) is 3. The predicted octanol–water partition coefficient (Wildman–Crippen LogP) is 2.56. The first kappa shape index (κ1) is 11.4. The number of nitrogens with two attached hydrogens (primary N) is 1. The van der Waals surface area contributed by atoms with E-state index >= 15 is 0 Å². The summed E-state index contributed by atoms with van der Waals surface area (Å²) in [6, 6.07) is 8.56. The van der Waals surface area contributed by atoms with Crippen LogP contribution in [0.1, 0.15) is 24.8 Å². The molecule has 3 heteroatoms. The van der Waals surface area contributed by atoms with Gasteiger partial charge in [0.2, 0.25) is 0 Å². The first-order chi connectivity index (χ1) is 8.32. The maximum Gasteiger partial charge on any atom is 0.120 e. The molecule has 3 rings (SSSR count). The lowest BCUT2D eigenvalue weighted by atomic mass is 9.96. The van der Waals surface area contributed by atoms with Gasteiger partial charge in [-0.2, -0.15) is 11.8 Å². The normalized spacial score (nSPS) is 25.8. The second-order valence-electron chi connectivity index (χ2n) is 5.12. The topological polar surface area (TPSA) is 35.2 Å². The molecule has 1 aliphatic carbocycles. The third kappa shape index (κ3) is 2.31. The monoisotopic (exact) mass is 249 g/mol. The minimum atomic E-state index is 0.268. The Kier molecular flexibility index (Phi) is 3.05. The van der Waals surface area contributed by atoms with E-state index in [0.717, 1.165) is 18.0 Å².